The third-order valence-corrected chi connectivity index (χ3v) is 3.07. The van der Waals surface area contributed by atoms with Gasteiger partial charge in [-0.2, -0.15) is 0 Å². The first-order valence-corrected chi connectivity index (χ1v) is 6.50. The van der Waals surface area contributed by atoms with E-state index in [9.17, 15) is 0 Å². The van der Waals surface area contributed by atoms with Gasteiger partial charge in [-0.1, -0.05) is 32.0 Å². The third kappa shape index (κ3) is 2.70. The maximum absolute atomic E-state index is 3.52. The summed E-state index contributed by atoms with van der Waals surface area (Å²) in [6, 6.07) is 10.9. The zero-order chi connectivity index (χ0) is 12.3. The largest absolute Gasteiger partial charge is 0.344 e. The predicted octanol–water partition coefficient (Wildman–Crippen LogP) is 3.41. The minimum atomic E-state index is 0.703. The van der Waals surface area contributed by atoms with Gasteiger partial charge in [-0.05, 0) is 36.9 Å². The first kappa shape index (κ1) is 12.2. The fraction of sp³-hybridized carbons (Fsp3) is 0.467. The summed E-state index contributed by atoms with van der Waals surface area (Å²) >= 11 is 0. The fourth-order valence-corrected chi connectivity index (χ4v) is 2.28. The molecule has 0 aliphatic carbocycles. The first-order valence-electron chi connectivity index (χ1n) is 6.50. The van der Waals surface area contributed by atoms with E-state index in [1.54, 1.807) is 0 Å². The van der Waals surface area contributed by atoms with E-state index in [0.717, 1.165) is 19.6 Å². The molecule has 1 aromatic heterocycles. The molecule has 17 heavy (non-hydrogen) atoms. The van der Waals surface area contributed by atoms with Crippen molar-refractivity contribution in [2.45, 2.75) is 33.9 Å². The number of nitrogens with one attached hydrogen (secondary N) is 1. The molecule has 0 saturated heterocycles. The Morgan fingerprint density at radius 2 is 2.00 bits per heavy atom. The zero-order valence-corrected chi connectivity index (χ0v) is 11.0. The van der Waals surface area contributed by atoms with E-state index in [0.29, 0.717) is 5.92 Å². The standard InChI is InChI=1S/C15H22N2/c1-4-17-14(11-16-10-12(2)3)9-13-7-5-6-8-15(13)17/h5-9,12,16H,4,10-11H2,1-3H3. The molecule has 0 fully saturated rings. The number of aryl methyl sites for hydroxylation is 1. The van der Waals surface area contributed by atoms with Gasteiger partial charge in [0.05, 0.1) is 0 Å². The Morgan fingerprint density at radius 1 is 1.24 bits per heavy atom. The molecular weight excluding hydrogens is 208 g/mol. The van der Waals surface area contributed by atoms with E-state index >= 15 is 0 Å². The molecule has 1 aromatic carbocycles. The van der Waals surface area contributed by atoms with Crippen molar-refractivity contribution in [2.24, 2.45) is 5.92 Å². The van der Waals surface area contributed by atoms with Crippen LogP contribution in [0.4, 0.5) is 0 Å². The molecule has 1 N–H and O–H groups in total. The van der Waals surface area contributed by atoms with Crippen LogP contribution in [-0.2, 0) is 13.1 Å². The quantitative estimate of drug-likeness (QED) is 0.833. The molecule has 2 aromatic rings. The summed E-state index contributed by atoms with van der Waals surface area (Å²) in [5, 5.41) is 4.86. The molecule has 0 amide bonds. The first-order chi connectivity index (χ1) is 8.22. The summed E-state index contributed by atoms with van der Waals surface area (Å²) < 4.78 is 2.39. The van der Waals surface area contributed by atoms with Crippen molar-refractivity contribution in [1.82, 2.24) is 9.88 Å². The molecular formula is C15H22N2. The molecule has 0 aliphatic heterocycles. The number of nitrogens with zero attached hydrogens (tertiary/aromatic N) is 1. The van der Waals surface area contributed by atoms with E-state index in [-0.39, 0.29) is 0 Å². The number of hydrogen-bond donors (Lipinski definition) is 1. The topological polar surface area (TPSA) is 17.0 Å². The molecule has 0 saturated carbocycles. The van der Waals surface area contributed by atoms with Gasteiger partial charge in [0.15, 0.2) is 0 Å². The second kappa shape index (κ2) is 5.37. The fourth-order valence-electron chi connectivity index (χ4n) is 2.28. The normalized spacial score (nSPS) is 11.5. The smallest absolute Gasteiger partial charge is 0.0482 e. The summed E-state index contributed by atoms with van der Waals surface area (Å²) in [7, 11) is 0. The van der Waals surface area contributed by atoms with E-state index in [1.165, 1.54) is 16.6 Å². The van der Waals surface area contributed by atoms with Crippen molar-refractivity contribution in [3.8, 4) is 0 Å². The van der Waals surface area contributed by atoms with Gasteiger partial charge < -0.3 is 9.88 Å². The Kier molecular flexibility index (Phi) is 3.85. The lowest BCUT2D eigenvalue weighted by Crippen LogP contribution is -2.20. The number of rotatable bonds is 5. The van der Waals surface area contributed by atoms with Crippen LogP contribution in [0.2, 0.25) is 0 Å². The summed E-state index contributed by atoms with van der Waals surface area (Å²) in [5.41, 5.74) is 2.73. The lowest BCUT2D eigenvalue weighted by atomic mass is 10.2. The van der Waals surface area contributed by atoms with Crippen LogP contribution in [0.1, 0.15) is 26.5 Å². The van der Waals surface area contributed by atoms with Crippen LogP contribution < -0.4 is 5.32 Å². The molecule has 0 radical (unpaired) electrons. The van der Waals surface area contributed by atoms with E-state index < -0.39 is 0 Å². The van der Waals surface area contributed by atoms with Crippen LogP contribution in [0.15, 0.2) is 30.3 Å². The Balaban J connectivity index is 2.21. The van der Waals surface area contributed by atoms with Gasteiger partial charge in [-0.3, -0.25) is 0 Å². The number of benzene rings is 1. The highest BCUT2D eigenvalue weighted by Gasteiger charge is 2.06. The van der Waals surface area contributed by atoms with E-state index in [4.69, 9.17) is 0 Å². The SMILES string of the molecule is CCn1c(CNCC(C)C)cc2ccccc21. The molecule has 1 heterocycles. The van der Waals surface area contributed by atoms with Gasteiger partial charge in [0.2, 0.25) is 0 Å². The van der Waals surface area contributed by atoms with Gasteiger partial charge >= 0.3 is 0 Å². The van der Waals surface area contributed by atoms with Gasteiger partial charge in [0.1, 0.15) is 0 Å². The Morgan fingerprint density at radius 3 is 2.71 bits per heavy atom. The van der Waals surface area contributed by atoms with Crippen molar-refractivity contribution < 1.29 is 0 Å². The maximum Gasteiger partial charge on any atom is 0.0482 e. The average molecular weight is 230 g/mol. The highest BCUT2D eigenvalue weighted by molar-refractivity contribution is 5.81. The molecule has 0 bridgehead atoms. The van der Waals surface area contributed by atoms with Crippen LogP contribution in [0.5, 0.6) is 0 Å². The zero-order valence-electron chi connectivity index (χ0n) is 11.0. The van der Waals surface area contributed by atoms with Crippen LogP contribution in [0, 0.1) is 5.92 Å². The summed E-state index contributed by atoms with van der Waals surface area (Å²) in [5.74, 6) is 0.703. The van der Waals surface area contributed by atoms with Gasteiger partial charge in [-0.25, -0.2) is 0 Å². The third-order valence-electron chi connectivity index (χ3n) is 3.07. The number of hydrogen-bond acceptors (Lipinski definition) is 1. The summed E-state index contributed by atoms with van der Waals surface area (Å²) in [6.45, 7) is 9.75. The number of para-hydroxylation sites is 1. The van der Waals surface area contributed by atoms with Crippen molar-refractivity contribution >= 4 is 10.9 Å². The molecule has 2 nitrogen and oxygen atoms in total. The van der Waals surface area contributed by atoms with Crippen molar-refractivity contribution in [3.05, 3.63) is 36.0 Å². The monoisotopic (exact) mass is 230 g/mol. The number of aromatic nitrogens is 1. The minimum absolute atomic E-state index is 0.703. The minimum Gasteiger partial charge on any atom is -0.344 e. The Bertz CT molecular complexity index is 483. The predicted molar refractivity (Wildman–Crippen MR) is 74.2 cm³/mol. The van der Waals surface area contributed by atoms with E-state index in [2.05, 4.69) is 61.0 Å². The second-order valence-corrected chi connectivity index (χ2v) is 4.96. The van der Waals surface area contributed by atoms with Crippen LogP contribution in [-0.4, -0.2) is 11.1 Å². The molecule has 2 rings (SSSR count). The summed E-state index contributed by atoms with van der Waals surface area (Å²) in [6.07, 6.45) is 0. The lowest BCUT2D eigenvalue weighted by molar-refractivity contribution is 0.539. The highest BCUT2D eigenvalue weighted by Crippen LogP contribution is 2.19. The summed E-state index contributed by atoms with van der Waals surface area (Å²) in [4.78, 5) is 0. The number of fused-ring (bicyclic) bond motifs is 1. The highest BCUT2D eigenvalue weighted by atomic mass is 15.0. The molecule has 0 unspecified atom stereocenters. The van der Waals surface area contributed by atoms with Gasteiger partial charge in [0, 0.05) is 24.3 Å². The molecule has 2 heteroatoms. The van der Waals surface area contributed by atoms with Gasteiger partial charge in [0.25, 0.3) is 0 Å². The van der Waals surface area contributed by atoms with Crippen LogP contribution >= 0.6 is 0 Å². The lowest BCUT2D eigenvalue weighted by Gasteiger charge is -2.10. The van der Waals surface area contributed by atoms with Crippen LogP contribution in [0.25, 0.3) is 10.9 Å². The van der Waals surface area contributed by atoms with Crippen molar-refractivity contribution in [1.29, 1.82) is 0 Å². The molecule has 0 spiro atoms. The molecule has 0 atom stereocenters. The average Bonchev–Trinajstić information content (AvgIpc) is 2.66. The Labute approximate surface area is 104 Å². The maximum atomic E-state index is 3.52. The van der Waals surface area contributed by atoms with Crippen LogP contribution in [0.3, 0.4) is 0 Å². The van der Waals surface area contributed by atoms with Crippen molar-refractivity contribution in [3.63, 3.8) is 0 Å². The van der Waals surface area contributed by atoms with E-state index in [1.807, 2.05) is 0 Å². The molecule has 92 valence electrons. The second-order valence-electron chi connectivity index (χ2n) is 4.96. The molecule has 0 aliphatic rings. The van der Waals surface area contributed by atoms with Gasteiger partial charge in [-0.15, -0.1) is 0 Å². The van der Waals surface area contributed by atoms with Crippen molar-refractivity contribution in [2.75, 3.05) is 6.54 Å². The Hall–Kier alpha value is -1.28.